The van der Waals surface area contributed by atoms with E-state index in [4.69, 9.17) is 0 Å². The molecular formula is C14H14O. The van der Waals surface area contributed by atoms with Crippen molar-refractivity contribution < 1.29 is 5.11 Å². The third-order valence-electron chi connectivity index (χ3n) is 2.54. The standard InChI is InChI=1S/C14H14O/c1-2-11-4-3-5-13(10-11)12-6-8-14(15)9-7-12/h3-10,15H,2H2,1H3. The quantitative estimate of drug-likeness (QED) is 0.781. The van der Waals surface area contributed by atoms with Crippen molar-refractivity contribution in [2.24, 2.45) is 0 Å². The van der Waals surface area contributed by atoms with Crippen LogP contribution in [0.5, 0.6) is 5.75 Å². The smallest absolute Gasteiger partial charge is 0.115 e. The molecule has 0 aliphatic heterocycles. The number of benzene rings is 2. The molecule has 0 atom stereocenters. The van der Waals surface area contributed by atoms with Crippen molar-refractivity contribution in [3.8, 4) is 16.9 Å². The lowest BCUT2D eigenvalue weighted by atomic mass is 10.0. The molecule has 15 heavy (non-hydrogen) atoms. The van der Waals surface area contributed by atoms with Gasteiger partial charge in [-0.1, -0.05) is 43.3 Å². The molecule has 0 radical (unpaired) electrons. The van der Waals surface area contributed by atoms with Gasteiger partial charge in [-0.3, -0.25) is 0 Å². The predicted octanol–water partition coefficient (Wildman–Crippen LogP) is 3.62. The Balaban J connectivity index is 2.40. The highest BCUT2D eigenvalue weighted by molar-refractivity contribution is 5.64. The first-order valence-corrected chi connectivity index (χ1v) is 5.18. The first-order valence-electron chi connectivity index (χ1n) is 5.18. The van der Waals surface area contributed by atoms with Crippen LogP contribution in [-0.4, -0.2) is 5.11 Å². The zero-order valence-electron chi connectivity index (χ0n) is 8.77. The van der Waals surface area contributed by atoms with Gasteiger partial charge in [-0.15, -0.1) is 0 Å². The van der Waals surface area contributed by atoms with E-state index in [1.54, 1.807) is 12.1 Å². The van der Waals surface area contributed by atoms with Crippen LogP contribution in [0.4, 0.5) is 0 Å². The molecule has 0 saturated carbocycles. The number of hydrogen-bond donors (Lipinski definition) is 1. The minimum atomic E-state index is 0.311. The van der Waals surface area contributed by atoms with Gasteiger partial charge in [-0.2, -0.15) is 0 Å². The highest BCUT2D eigenvalue weighted by atomic mass is 16.3. The summed E-state index contributed by atoms with van der Waals surface area (Å²) in [6, 6.07) is 15.8. The lowest BCUT2D eigenvalue weighted by Gasteiger charge is -2.04. The SMILES string of the molecule is CCc1cccc(-c2ccc(O)cc2)c1. The van der Waals surface area contributed by atoms with Gasteiger partial charge in [-0.05, 0) is 35.2 Å². The van der Waals surface area contributed by atoms with Gasteiger partial charge in [0.15, 0.2) is 0 Å². The van der Waals surface area contributed by atoms with Crippen LogP contribution in [-0.2, 0) is 6.42 Å². The molecule has 0 heterocycles. The van der Waals surface area contributed by atoms with Crippen LogP contribution in [0.3, 0.4) is 0 Å². The first-order chi connectivity index (χ1) is 7.29. The normalized spacial score (nSPS) is 10.2. The third-order valence-corrected chi connectivity index (χ3v) is 2.54. The summed E-state index contributed by atoms with van der Waals surface area (Å²) in [4.78, 5) is 0. The lowest BCUT2D eigenvalue weighted by Crippen LogP contribution is -1.82. The molecule has 76 valence electrons. The second-order valence-corrected chi connectivity index (χ2v) is 3.60. The zero-order chi connectivity index (χ0) is 10.7. The summed E-state index contributed by atoms with van der Waals surface area (Å²) >= 11 is 0. The van der Waals surface area contributed by atoms with E-state index in [1.165, 1.54) is 11.1 Å². The Labute approximate surface area is 90.0 Å². The molecule has 2 rings (SSSR count). The average molecular weight is 198 g/mol. The third kappa shape index (κ3) is 2.18. The molecule has 0 amide bonds. The van der Waals surface area contributed by atoms with E-state index in [0.717, 1.165) is 12.0 Å². The van der Waals surface area contributed by atoms with Crippen molar-refractivity contribution in [3.05, 3.63) is 54.1 Å². The largest absolute Gasteiger partial charge is 0.508 e. The minimum Gasteiger partial charge on any atom is -0.508 e. The van der Waals surface area contributed by atoms with E-state index in [9.17, 15) is 5.11 Å². The number of hydrogen-bond acceptors (Lipinski definition) is 1. The summed E-state index contributed by atoms with van der Waals surface area (Å²) in [6.07, 6.45) is 1.05. The first kappa shape index (κ1) is 9.78. The monoisotopic (exact) mass is 198 g/mol. The molecule has 0 saturated heterocycles. The maximum Gasteiger partial charge on any atom is 0.115 e. The highest BCUT2D eigenvalue weighted by Crippen LogP contribution is 2.22. The number of phenols is 1. The molecule has 1 N–H and O–H groups in total. The number of rotatable bonds is 2. The fraction of sp³-hybridized carbons (Fsp3) is 0.143. The van der Waals surface area contributed by atoms with Gasteiger partial charge in [0.25, 0.3) is 0 Å². The lowest BCUT2D eigenvalue weighted by molar-refractivity contribution is 0.475. The van der Waals surface area contributed by atoms with Crippen molar-refractivity contribution in [2.45, 2.75) is 13.3 Å². The second-order valence-electron chi connectivity index (χ2n) is 3.60. The molecule has 0 bridgehead atoms. The molecule has 0 aromatic heterocycles. The van der Waals surface area contributed by atoms with E-state index < -0.39 is 0 Å². The van der Waals surface area contributed by atoms with Crippen LogP contribution in [0.2, 0.25) is 0 Å². The Morgan fingerprint density at radius 2 is 1.67 bits per heavy atom. The van der Waals surface area contributed by atoms with E-state index >= 15 is 0 Å². The van der Waals surface area contributed by atoms with Gasteiger partial charge in [0.1, 0.15) is 5.75 Å². The molecule has 0 spiro atoms. The predicted molar refractivity (Wildman–Crippen MR) is 62.9 cm³/mol. The van der Waals surface area contributed by atoms with E-state index in [0.29, 0.717) is 5.75 Å². The summed E-state index contributed by atoms with van der Waals surface area (Å²) < 4.78 is 0. The summed E-state index contributed by atoms with van der Waals surface area (Å²) in [5.41, 5.74) is 3.68. The maximum atomic E-state index is 9.20. The molecular weight excluding hydrogens is 184 g/mol. The van der Waals surface area contributed by atoms with Crippen molar-refractivity contribution in [3.63, 3.8) is 0 Å². The molecule has 2 aromatic carbocycles. The summed E-state index contributed by atoms with van der Waals surface area (Å²) in [5.74, 6) is 0.311. The van der Waals surface area contributed by atoms with Crippen molar-refractivity contribution >= 4 is 0 Å². The Hall–Kier alpha value is -1.76. The zero-order valence-corrected chi connectivity index (χ0v) is 8.77. The molecule has 2 aromatic rings. The Kier molecular flexibility index (Phi) is 2.72. The van der Waals surface area contributed by atoms with Gasteiger partial charge in [0.05, 0.1) is 0 Å². The minimum absolute atomic E-state index is 0.311. The fourth-order valence-electron chi connectivity index (χ4n) is 1.62. The molecule has 1 nitrogen and oxygen atoms in total. The summed E-state index contributed by atoms with van der Waals surface area (Å²) in [7, 11) is 0. The van der Waals surface area contributed by atoms with Gasteiger partial charge in [-0.25, -0.2) is 0 Å². The molecule has 0 aliphatic carbocycles. The molecule has 1 heteroatoms. The number of aromatic hydroxyl groups is 1. The van der Waals surface area contributed by atoms with E-state index in [-0.39, 0.29) is 0 Å². The number of phenolic OH excluding ortho intramolecular Hbond substituents is 1. The van der Waals surface area contributed by atoms with Crippen LogP contribution in [0, 0.1) is 0 Å². The van der Waals surface area contributed by atoms with Crippen LogP contribution in [0.1, 0.15) is 12.5 Å². The maximum absolute atomic E-state index is 9.20. The average Bonchev–Trinajstić information content (AvgIpc) is 2.30. The number of aryl methyl sites for hydroxylation is 1. The Bertz CT molecular complexity index is 443. The van der Waals surface area contributed by atoms with Crippen LogP contribution in [0.15, 0.2) is 48.5 Å². The molecule has 0 fully saturated rings. The van der Waals surface area contributed by atoms with Crippen molar-refractivity contribution in [1.29, 1.82) is 0 Å². The van der Waals surface area contributed by atoms with Crippen LogP contribution in [0.25, 0.3) is 11.1 Å². The van der Waals surface area contributed by atoms with Crippen molar-refractivity contribution in [1.82, 2.24) is 0 Å². The summed E-state index contributed by atoms with van der Waals surface area (Å²) in [5, 5.41) is 9.20. The molecule has 0 aliphatic rings. The van der Waals surface area contributed by atoms with E-state index in [1.807, 2.05) is 12.1 Å². The van der Waals surface area contributed by atoms with Gasteiger partial charge >= 0.3 is 0 Å². The van der Waals surface area contributed by atoms with Crippen LogP contribution >= 0.6 is 0 Å². The topological polar surface area (TPSA) is 20.2 Å². The molecule has 0 unspecified atom stereocenters. The van der Waals surface area contributed by atoms with E-state index in [2.05, 4.69) is 31.2 Å². The van der Waals surface area contributed by atoms with Gasteiger partial charge in [0.2, 0.25) is 0 Å². The second kappa shape index (κ2) is 4.18. The Morgan fingerprint density at radius 1 is 0.933 bits per heavy atom. The van der Waals surface area contributed by atoms with Crippen LogP contribution < -0.4 is 0 Å². The van der Waals surface area contributed by atoms with Crippen molar-refractivity contribution in [2.75, 3.05) is 0 Å². The van der Waals surface area contributed by atoms with Gasteiger partial charge < -0.3 is 5.11 Å². The highest BCUT2D eigenvalue weighted by Gasteiger charge is 1.98. The summed E-state index contributed by atoms with van der Waals surface area (Å²) in [6.45, 7) is 2.15. The van der Waals surface area contributed by atoms with Gasteiger partial charge in [0, 0.05) is 0 Å². The fourth-order valence-corrected chi connectivity index (χ4v) is 1.62. The Morgan fingerprint density at radius 3 is 2.33 bits per heavy atom.